The molecule has 4 unspecified atom stereocenters. The smallest absolute Gasteiger partial charge is 0.417 e. The van der Waals surface area contributed by atoms with Gasteiger partial charge in [0.2, 0.25) is 0 Å². The molecule has 3 saturated carbocycles. The molecule has 4 bridgehead atoms. The lowest BCUT2D eigenvalue weighted by Crippen LogP contribution is -2.51. The van der Waals surface area contributed by atoms with Crippen molar-refractivity contribution < 1.29 is 19.1 Å². The zero-order chi connectivity index (χ0) is 19.7. The molecule has 148 valence electrons. The summed E-state index contributed by atoms with van der Waals surface area (Å²) in [6.07, 6.45) is 6.58. The molecule has 0 N–H and O–H groups in total. The maximum Gasteiger partial charge on any atom is 0.417 e. The van der Waals surface area contributed by atoms with E-state index in [0.717, 1.165) is 24.8 Å². The van der Waals surface area contributed by atoms with E-state index in [1.807, 2.05) is 6.92 Å². The molecular formula is C23H27NO4. The van der Waals surface area contributed by atoms with Crippen LogP contribution < -0.4 is 0 Å². The van der Waals surface area contributed by atoms with Gasteiger partial charge in [-0.1, -0.05) is 38.5 Å². The predicted octanol–water partition coefficient (Wildman–Crippen LogP) is 3.50. The van der Waals surface area contributed by atoms with E-state index in [2.05, 4.69) is 32.9 Å². The first-order valence-corrected chi connectivity index (χ1v) is 10.7. The number of rotatable bonds is 1. The number of carbonyl (C=O) groups is 3. The van der Waals surface area contributed by atoms with Crippen LogP contribution in [0.4, 0.5) is 4.79 Å². The van der Waals surface area contributed by atoms with Crippen molar-refractivity contribution in [2.75, 3.05) is 0 Å². The second kappa shape index (κ2) is 4.80. The number of hydrogen-bond donors (Lipinski definition) is 0. The number of nitrogens with zero attached hydrogens (tertiary/aromatic N) is 1. The van der Waals surface area contributed by atoms with Crippen molar-refractivity contribution in [1.29, 1.82) is 0 Å². The summed E-state index contributed by atoms with van der Waals surface area (Å²) in [7, 11) is 0. The van der Waals surface area contributed by atoms with Gasteiger partial charge in [-0.2, -0.15) is 0 Å². The lowest BCUT2D eigenvalue weighted by Gasteiger charge is -2.40. The third kappa shape index (κ3) is 1.58. The molecule has 0 aromatic carbocycles. The molecule has 4 fully saturated rings. The van der Waals surface area contributed by atoms with Crippen LogP contribution in [0.15, 0.2) is 23.3 Å². The van der Waals surface area contributed by atoms with E-state index in [4.69, 9.17) is 4.74 Å². The Balaban J connectivity index is 1.40. The van der Waals surface area contributed by atoms with Crippen LogP contribution in [0.2, 0.25) is 0 Å². The van der Waals surface area contributed by atoms with Gasteiger partial charge in [-0.05, 0) is 54.8 Å². The normalized spacial score (nSPS) is 49.3. The Kier molecular flexibility index (Phi) is 2.91. The molecule has 1 saturated heterocycles. The van der Waals surface area contributed by atoms with Gasteiger partial charge < -0.3 is 4.74 Å². The molecule has 5 nitrogen and oxygen atoms in total. The summed E-state index contributed by atoms with van der Waals surface area (Å²) in [6, 6.07) is -0.260. The highest BCUT2D eigenvalue weighted by Crippen LogP contribution is 2.69. The maximum atomic E-state index is 13.6. The van der Waals surface area contributed by atoms with E-state index in [0.29, 0.717) is 5.92 Å². The monoisotopic (exact) mass is 381 g/mol. The summed E-state index contributed by atoms with van der Waals surface area (Å²) in [5.74, 6) is 0.476. The van der Waals surface area contributed by atoms with E-state index < -0.39 is 12.0 Å². The Labute approximate surface area is 165 Å². The predicted molar refractivity (Wildman–Crippen MR) is 101 cm³/mol. The largest absolute Gasteiger partial charge is 0.443 e. The summed E-state index contributed by atoms with van der Waals surface area (Å²) in [5, 5.41) is 0. The molecule has 0 aromatic rings. The van der Waals surface area contributed by atoms with Crippen LogP contribution in [0.1, 0.15) is 47.0 Å². The van der Waals surface area contributed by atoms with Gasteiger partial charge in [0.05, 0.1) is 11.6 Å². The molecule has 1 heterocycles. The number of fused-ring (bicyclic) bond motifs is 10. The zero-order valence-corrected chi connectivity index (χ0v) is 16.9. The molecule has 0 aromatic heterocycles. The SMILES string of the molecule is CC1=C(C(=O)N2C(=O)O[C@@H]3[C@H]4CC[C@@](C)([C@@H]32)C4(C)C)C(=O)C2C3C=CC(C3)C12. The Hall–Kier alpha value is -1.91. The second-order valence-electron chi connectivity index (χ2n) is 10.7. The summed E-state index contributed by atoms with van der Waals surface area (Å²) in [4.78, 5) is 41.0. The van der Waals surface area contributed by atoms with Gasteiger partial charge in [-0.25, -0.2) is 9.69 Å². The van der Waals surface area contributed by atoms with Crippen molar-refractivity contribution in [2.24, 2.45) is 40.4 Å². The first kappa shape index (κ1) is 17.0. The molecule has 6 rings (SSSR count). The standard InChI is InChI=1S/C23H27NO4/c1-10-14-11-5-6-12(9-11)16(14)17(25)15(10)20(26)24-19-18(28-21(24)27)13-7-8-23(19,4)22(13,2)3/h5-6,11-14,16,18-19H,7-9H2,1-4H3/t11?,12?,13-,14?,16?,18-,19-,23+/m1/s1. The first-order chi connectivity index (χ1) is 13.2. The number of allylic oxidation sites excluding steroid dienone is 3. The number of hydrogen-bond acceptors (Lipinski definition) is 4. The third-order valence-corrected chi connectivity index (χ3v) is 9.78. The van der Waals surface area contributed by atoms with E-state index >= 15 is 0 Å². The van der Waals surface area contributed by atoms with E-state index in [-0.39, 0.29) is 58.0 Å². The highest BCUT2D eigenvalue weighted by molar-refractivity contribution is 6.25. The Morgan fingerprint density at radius 3 is 2.50 bits per heavy atom. The molecule has 2 amide bonds. The number of Topliss-reactive ketones (excluding diaryl/α,β-unsaturated/α-hetero) is 1. The number of ether oxygens (including phenoxy) is 1. The van der Waals surface area contributed by atoms with Crippen LogP contribution in [0.5, 0.6) is 0 Å². The van der Waals surface area contributed by atoms with Crippen molar-refractivity contribution in [3.05, 3.63) is 23.3 Å². The Morgan fingerprint density at radius 1 is 1.14 bits per heavy atom. The molecule has 5 heteroatoms. The van der Waals surface area contributed by atoms with Crippen molar-refractivity contribution in [3.63, 3.8) is 0 Å². The highest BCUT2D eigenvalue weighted by Gasteiger charge is 2.73. The number of carbonyl (C=O) groups excluding carboxylic acids is 3. The summed E-state index contributed by atoms with van der Waals surface area (Å²) in [5.41, 5.74) is 0.997. The van der Waals surface area contributed by atoms with E-state index in [1.165, 1.54) is 4.90 Å². The lowest BCUT2D eigenvalue weighted by atomic mass is 9.69. The van der Waals surface area contributed by atoms with Crippen LogP contribution in [-0.4, -0.2) is 34.8 Å². The fraction of sp³-hybridized carbons (Fsp3) is 0.696. The molecular weight excluding hydrogens is 354 g/mol. The third-order valence-electron chi connectivity index (χ3n) is 9.78. The first-order valence-electron chi connectivity index (χ1n) is 10.7. The molecule has 5 aliphatic carbocycles. The van der Waals surface area contributed by atoms with Crippen molar-refractivity contribution >= 4 is 17.8 Å². The van der Waals surface area contributed by atoms with Gasteiger partial charge in [0.25, 0.3) is 5.91 Å². The number of imide groups is 1. The molecule has 1 aliphatic heterocycles. The van der Waals surface area contributed by atoms with Gasteiger partial charge in [-0.3, -0.25) is 9.59 Å². The van der Waals surface area contributed by atoms with Crippen molar-refractivity contribution in [1.82, 2.24) is 4.90 Å². The fourth-order valence-corrected chi connectivity index (χ4v) is 8.02. The number of amides is 2. The van der Waals surface area contributed by atoms with Gasteiger partial charge in [0.15, 0.2) is 5.78 Å². The second-order valence-corrected chi connectivity index (χ2v) is 10.7. The molecule has 0 spiro atoms. The molecule has 6 aliphatic rings. The molecule has 8 atom stereocenters. The van der Waals surface area contributed by atoms with Gasteiger partial charge in [0, 0.05) is 11.8 Å². The van der Waals surface area contributed by atoms with Crippen LogP contribution in [-0.2, 0) is 14.3 Å². The van der Waals surface area contributed by atoms with Crippen LogP contribution in [0.25, 0.3) is 0 Å². The summed E-state index contributed by atoms with van der Waals surface area (Å²) >= 11 is 0. The summed E-state index contributed by atoms with van der Waals surface area (Å²) in [6.45, 7) is 8.59. The average Bonchev–Trinajstić information content (AvgIpc) is 3.41. The Morgan fingerprint density at radius 2 is 1.82 bits per heavy atom. The molecule has 0 radical (unpaired) electrons. The lowest BCUT2D eigenvalue weighted by molar-refractivity contribution is -0.130. The minimum absolute atomic E-state index is 0.00418. The molecule has 28 heavy (non-hydrogen) atoms. The van der Waals surface area contributed by atoms with E-state index in [1.54, 1.807) is 0 Å². The summed E-state index contributed by atoms with van der Waals surface area (Å²) < 4.78 is 5.75. The van der Waals surface area contributed by atoms with Crippen LogP contribution >= 0.6 is 0 Å². The van der Waals surface area contributed by atoms with Crippen molar-refractivity contribution in [2.45, 2.75) is 59.1 Å². The van der Waals surface area contributed by atoms with Gasteiger partial charge in [0.1, 0.15) is 6.10 Å². The van der Waals surface area contributed by atoms with Crippen LogP contribution in [0, 0.1) is 40.4 Å². The zero-order valence-electron chi connectivity index (χ0n) is 16.9. The minimum atomic E-state index is -0.556. The highest BCUT2D eigenvalue weighted by atomic mass is 16.6. The maximum absolute atomic E-state index is 13.6. The topological polar surface area (TPSA) is 63.7 Å². The fourth-order valence-electron chi connectivity index (χ4n) is 8.02. The average molecular weight is 381 g/mol. The number of ketones is 1. The van der Waals surface area contributed by atoms with Crippen molar-refractivity contribution in [3.8, 4) is 0 Å². The van der Waals surface area contributed by atoms with E-state index in [9.17, 15) is 14.4 Å². The Bertz CT molecular complexity index is 914. The quantitative estimate of drug-likeness (QED) is 0.515. The van der Waals surface area contributed by atoms with Crippen LogP contribution in [0.3, 0.4) is 0 Å². The van der Waals surface area contributed by atoms with Gasteiger partial charge in [-0.15, -0.1) is 0 Å². The minimum Gasteiger partial charge on any atom is -0.443 e. The van der Waals surface area contributed by atoms with Gasteiger partial charge >= 0.3 is 6.09 Å².